The number of H-pyrrole nitrogens is 2. The van der Waals surface area contributed by atoms with Crippen molar-refractivity contribution in [1.82, 2.24) is 39.9 Å². The van der Waals surface area contributed by atoms with E-state index in [0.29, 0.717) is 55.1 Å². The molecule has 8 bridgehead atoms. The molecular weight excluding hydrogens is 996 g/mol. The van der Waals surface area contributed by atoms with E-state index in [9.17, 15) is 20.4 Å². The molecule has 12 nitrogen and oxygen atoms in total. The van der Waals surface area contributed by atoms with Gasteiger partial charge < -0.3 is 30.4 Å². The fourth-order valence-corrected chi connectivity index (χ4v) is 8.89. The number of nitrogens with zero attached hydrogens (tertiary/aromatic N) is 6. The summed E-state index contributed by atoms with van der Waals surface area (Å²) in [5.41, 5.74) is 11.1. The molecule has 0 saturated carbocycles. The maximum atomic E-state index is 10.9. The second-order valence-corrected chi connectivity index (χ2v) is 17.6. The van der Waals surface area contributed by atoms with Gasteiger partial charge in [-0.2, -0.15) is 0 Å². The smallest absolute Gasteiger partial charge is 0.168 e. The number of hydrogen-bond donors (Lipinski definition) is 6. The summed E-state index contributed by atoms with van der Waals surface area (Å²) in [4.78, 5) is 34.9. The van der Waals surface area contributed by atoms with Crippen LogP contribution in [-0.4, -0.2) is 60.3 Å². The zero-order chi connectivity index (χ0) is 46.1. The van der Waals surface area contributed by atoms with E-state index in [1.807, 2.05) is 0 Å². The van der Waals surface area contributed by atoms with E-state index < -0.39 is 0 Å². The van der Waals surface area contributed by atoms with Gasteiger partial charge in [0.2, 0.25) is 0 Å². The molecule has 10 aromatic rings. The van der Waals surface area contributed by atoms with Gasteiger partial charge in [0.25, 0.3) is 0 Å². The molecule has 0 spiro atoms. The topological polar surface area (TPSA) is 190 Å². The number of rotatable bonds is 2. The van der Waals surface area contributed by atoms with Gasteiger partial charge >= 0.3 is 0 Å². The van der Waals surface area contributed by atoms with Crippen molar-refractivity contribution in [2.75, 3.05) is 0 Å². The van der Waals surface area contributed by atoms with Crippen LogP contribution in [0.15, 0.2) is 146 Å². The third kappa shape index (κ3) is 10.3. The van der Waals surface area contributed by atoms with Crippen molar-refractivity contribution >= 4 is 44.1 Å². The number of fused-ring (bicyclic) bond motifs is 20. The summed E-state index contributed by atoms with van der Waals surface area (Å²) in [6.45, 7) is 9.07. The van der Waals surface area contributed by atoms with Gasteiger partial charge in [-0.3, -0.25) is 0 Å². The number of phenolic OH excluding ortho intramolecular Hbond substituents is 4. The molecule has 2 aliphatic heterocycles. The predicted octanol–water partition coefficient (Wildman–Crippen LogP) is 12.3. The number of aromatic amines is 2. The Morgan fingerprint density at radius 3 is 1.14 bits per heavy atom. The molecule has 0 saturated heterocycles. The molecule has 3 aromatic heterocycles. The minimum Gasteiger partial charge on any atom is -0.507 e. The van der Waals surface area contributed by atoms with Crippen LogP contribution in [0.5, 0.6) is 23.0 Å². The maximum absolute atomic E-state index is 10.9. The Morgan fingerprint density at radius 2 is 0.746 bits per heavy atom. The Kier molecular flexibility index (Phi) is 17.3. The van der Waals surface area contributed by atoms with E-state index in [2.05, 4.69) is 110 Å². The zero-order valence-electron chi connectivity index (χ0n) is 38.2. The molecular formula is C55H42Ar4N8O4. The monoisotopic (exact) mass is 1040 g/mol. The van der Waals surface area contributed by atoms with Crippen molar-refractivity contribution in [2.24, 2.45) is 0 Å². The molecule has 358 valence electrons. The van der Waals surface area contributed by atoms with Crippen LogP contribution in [0.25, 0.3) is 112 Å². The summed E-state index contributed by atoms with van der Waals surface area (Å²) in [5.74, 6) is 0.762. The first kappa shape index (κ1) is 54.9. The van der Waals surface area contributed by atoms with Gasteiger partial charge in [0, 0.05) is 173 Å². The Balaban J connectivity index is 0.000000236. The molecule has 7 aromatic carbocycles. The van der Waals surface area contributed by atoms with Crippen LogP contribution in [0, 0.1) is 158 Å². The van der Waals surface area contributed by atoms with E-state index in [1.54, 1.807) is 72.8 Å². The normalized spacial score (nSPS) is 11.2. The first-order chi connectivity index (χ1) is 32.4. The fourth-order valence-electron chi connectivity index (χ4n) is 8.89. The molecule has 0 amide bonds. The van der Waals surface area contributed by atoms with Crippen LogP contribution < -0.4 is 0 Å². The van der Waals surface area contributed by atoms with Gasteiger partial charge in [-0.15, -0.1) is 0 Å². The minimum absolute atomic E-state index is 0. The fraction of sp³-hybridized carbons (Fsp3) is 0.0909. The maximum Gasteiger partial charge on any atom is 0.168 e. The van der Waals surface area contributed by atoms with E-state index in [1.165, 1.54) is 33.4 Å². The van der Waals surface area contributed by atoms with Crippen LogP contribution in [0.1, 0.15) is 31.9 Å². The number of hydrogen-bond acceptors (Lipinski definition) is 10. The van der Waals surface area contributed by atoms with Crippen LogP contribution in [0.3, 0.4) is 0 Å². The molecule has 0 aliphatic carbocycles. The summed E-state index contributed by atoms with van der Waals surface area (Å²) in [6, 6.07) is 46.1. The van der Waals surface area contributed by atoms with Crippen LogP contribution >= 0.6 is 0 Å². The molecule has 0 atom stereocenters. The molecule has 71 heavy (non-hydrogen) atoms. The Labute approximate surface area is 528 Å². The number of phenols is 4. The van der Waals surface area contributed by atoms with Crippen molar-refractivity contribution in [3.63, 3.8) is 0 Å². The zero-order valence-corrected chi connectivity index (χ0v) is 41.1. The minimum atomic E-state index is -0.0360. The molecule has 2 aliphatic rings. The van der Waals surface area contributed by atoms with Gasteiger partial charge in [0.05, 0.1) is 21.9 Å². The Bertz CT molecular complexity index is 3590. The predicted molar refractivity (Wildman–Crippen MR) is 263 cm³/mol. The quantitative estimate of drug-likeness (QED) is 0.0972. The summed E-state index contributed by atoms with van der Waals surface area (Å²) in [6.07, 6.45) is 0. The standard InChI is InChI=1S/C32H18N8O4.C23H24.4Ar/c41-17-9-1-5-13-21(17)29-33-25(13)37-30-22-14(6-2-10-18(22)42)27(34-30)39-32-24-16(8-4-12-20(24)44)28(36-32)40-31-23-15(26(35-31)38-29)7-3-11-19(23)43;1-17-21(18-11-7-5-8-12-18)15-20(23(2,3)4)16-22(17)19-13-9-6-10-14-19;;;;/h1-12,41-44H,(H2,33,34,35,36,37,38,39,40);5-16H,1-4H3;;;;. The van der Waals surface area contributed by atoms with Crippen LogP contribution in [-0.2, 0) is 5.41 Å². The number of aromatic hydroxyl groups is 4. The second-order valence-electron chi connectivity index (χ2n) is 17.6. The van der Waals surface area contributed by atoms with Gasteiger partial charge in [-0.05, 0) is 70.0 Å². The van der Waals surface area contributed by atoms with Crippen molar-refractivity contribution in [1.29, 1.82) is 0 Å². The summed E-state index contributed by atoms with van der Waals surface area (Å²) in [5, 5.41) is 45.5. The first-order valence-electron chi connectivity index (χ1n) is 21.8. The Morgan fingerprint density at radius 1 is 0.380 bits per heavy atom. The largest absolute Gasteiger partial charge is 0.507 e. The van der Waals surface area contributed by atoms with Gasteiger partial charge in [-0.1, -0.05) is 142 Å². The van der Waals surface area contributed by atoms with Crippen molar-refractivity contribution in [3.05, 3.63) is 157 Å². The van der Waals surface area contributed by atoms with E-state index >= 15 is 0 Å². The summed E-state index contributed by atoms with van der Waals surface area (Å²) in [7, 11) is 0. The molecule has 5 heterocycles. The molecule has 6 N–H and O–H groups in total. The van der Waals surface area contributed by atoms with Gasteiger partial charge in [-0.25, -0.2) is 29.9 Å². The molecule has 0 unspecified atom stereocenters. The van der Waals surface area contributed by atoms with Crippen molar-refractivity contribution < 1.29 is 171 Å². The first-order valence-corrected chi connectivity index (χ1v) is 21.8. The molecule has 0 radical (unpaired) electrons. The average molecular weight is 1040 g/mol. The summed E-state index contributed by atoms with van der Waals surface area (Å²) >= 11 is 0. The third-order valence-electron chi connectivity index (χ3n) is 12.3. The van der Waals surface area contributed by atoms with Crippen LogP contribution in [0.4, 0.5) is 0 Å². The number of nitrogens with one attached hydrogen (secondary N) is 2. The molecule has 0 fully saturated rings. The second kappa shape index (κ2) is 22.3. The SMILES string of the molecule is Cc1c(-c2ccccc2)cc(C(C)(C)C)cc1-c1ccccc1.Oc1cccc2c1-c1nc-2nc2[nH]c(nc3nc(nc4[nH]c(n1)c1cccc(O)c41)-c1cccc(O)c1-3)c1cccc(O)c21.[Ar].[Ar].[Ar].[Ar]. The van der Waals surface area contributed by atoms with Gasteiger partial charge in [0.1, 0.15) is 45.6 Å². The summed E-state index contributed by atoms with van der Waals surface area (Å²) < 4.78 is 0. The third-order valence-corrected chi connectivity index (χ3v) is 12.3. The molecule has 16 heteroatoms. The molecule has 12 rings (SSSR count). The van der Waals surface area contributed by atoms with Crippen molar-refractivity contribution in [3.8, 4) is 90.8 Å². The number of benzene rings is 7. The number of aromatic nitrogens is 8. The van der Waals surface area contributed by atoms with E-state index in [-0.39, 0.29) is 214 Å². The van der Waals surface area contributed by atoms with E-state index in [4.69, 9.17) is 29.9 Å². The Hall–Kier alpha value is -3.86. The van der Waals surface area contributed by atoms with E-state index in [0.717, 1.165) is 0 Å². The van der Waals surface area contributed by atoms with Gasteiger partial charge in [0.15, 0.2) is 23.3 Å². The van der Waals surface area contributed by atoms with Crippen LogP contribution in [0.2, 0.25) is 0 Å². The van der Waals surface area contributed by atoms with Crippen molar-refractivity contribution in [2.45, 2.75) is 33.1 Å². The average Bonchev–Trinajstić information content (AvgIpc) is 4.07.